The van der Waals surface area contributed by atoms with E-state index in [2.05, 4.69) is 4.98 Å². The van der Waals surface area contributed by atoms with E-state index in [1.807, 2.05) is 13.8 Å². The van der Waals surface area contributed by atoms with Crippen LogP contribution in [0.25, 0.3) is 10.9 Å². The first-order valence-electron chi connectivity index (χ1n) is 5.46. The Morgan fingerprint density at radius 2 is 1.83 bits per heavy atom. The SMILES string of the molecule is CC(C)c1cc(C(F)(F)F)c2cc(Cl)ccc2n1. The van der Waals surface area contributed by atoms with Gasteiger partial charge in [-0.2, -0.15) is 13.2 Å². The van der Waals surface area contributed by atoms with E-state index in [0.29, 0.717) is 11.2 Å². The fraction of sp³-hybridized carbons (Fsp3) is 0.308. The van der Waals surface area contributed by atoms with Crippen molar-refractivity contribution in [2.75, 3.05) is 0 Å². The van der Waals surface area contributed by atoms with Crippen LogP contribution in [0, 0.1) is 0 Å². The normalized spacial score (nSPS) is 12.4. The van der Waals surface area contributed by atoms with E-state index in [1.165, 1.54) is 12.1 Å². The van der Waals surface area contributed by atoms with Crippen molar-refractivity contribution in [2.24, 2.45) is 0 Å². The van der Waals surface area contributed by atoms with Gasteiger partial charge in [0.15, 0.2) is 0 Å². The molecule has 2 aromatic rings. The summed E-state index contributed by atoms with van der Waals surface area (Å²) >= 11 is 5.75. The van der Waals surface area contributed by atoms with Crippen LogP contribution in [0.15, 0.2) is 24.3 Å². The summed E-state index contributed by atoms with van der Waals surface area (Å²) in [7, 11) is 0. The van der Waals surface area contributed by atoms with Gasteiger partial charge in [-0.25, -0.2) is 0 Å². The molecule has 96 valence electrons. The van der Waals surface area contributed by atoms with Gasteiger partial charge in [-0.1, -0.05) is 25.4 Å². The van der Waals surface area contributed by atoms with E-state index in [9.17, 15) is 13.2 Å². The van der Waals surface area contributed by atoms with Crippen molar-refractivity contribution in [1.82, 2.24) is 4.98 Å². The second kappa shape index (κ2) is 4.43. The van der Waals surface area contributed by atoms with Crippen molar-refractivity contribution in [3.63, 3.8) is 0 Å². The fourth-order valence-corrected chi connectivity index (χ4v) is 1.92. The van der Waals surface area contributed by atoms with Crippen LogP contribution in [0.2, 0.25) is 5.02 Å². The summed E-state index contributed by atoms with van der Waals surface area (Å²) < 4.78 is 39.1. The van der Waals surface area contributed by atoms with Gasteiger partial charge in [-0.15, -0.1) is 0 Å². The first kappa shape index (κ1) is 13.1. The third kappa shape index (κ3) is 2.43. The molecule has 0 saturated carbocycles. The maximum atomic E-state index is 13.0. The van der Waals surface area contributed by atoms with Gasteiger partial charge in [0.25, 0.3) is 0 Å². The molecule has 1 nitrogen and oxygen atoms in total. The molecule has 1 aromatic heterocycles. The lowest BCUT2D eigenvalue weighted by Crippen LogP contribution is -2.08. The van der Waals surface area contributed by atoms with Crippen molar-refractivity contribution in [1.29, 1.82) is 0 Å². The molecule has 0 aliphatic heterocycles. The zero-order valence-electron chi connectivity index (χ0n) is 9.85. The molecule has 0 fully saturated rings. The Hall–Kier alpha value is -1.29. The lowest BCUT2D eigenvalue weighted by atomic mass is 10.0. The van der Waals surface area contributed by atoms with Crippen LogP contribution >= 0.6 is 11.6 Å². The number of pyridine rings is 1. The Balaban J connectivity index is 2.82. The molecule has 0 atom stereocenters. The number of halogens is 4. The molecule has 0 radical (unpaired) electrons. The standard InChI is InChI=1S/C13H11ClF3N/c1-7(2)12-6-10(13(15,16)17)9-5-8(14)3-4-11(9)18-12/h3-7H,1-2H3. The number of fused-ring (bicyclic) bond motifs is 1. The Kier molecular flexibility index (Phi) is 3.23. The lowest BCUT2D eigenvalue weighted by Gasteiger charge is -2.14. The Bertz CT molecular complexity index is 591. The maximum Gasteiger partial charge on any atom is 0.417 e. The average molecular weight is 274 g/mol. The minimum absolute atomic E-state index is 0.0411. The zero-order chi connectivity index (χ0) is 13.5. The van der Waals surface area contributed by atoms with Gasteiger partial charge in [0.05, 0.1) is 11.1 Å². The summed E-state index contributed by atoms with van der Waals surface area (Å²) in [6.07, 6.45) is -4.41. The third-order valence-corrected chi connectivity index (χ3v) is 2.92. The molecule has 0 aliphatic carbocycles. The van der Waals surface area contributed by atoms with E-state index in [1.54, 1.807) is 6.07 Å². The van der Waals surface area contributed by atoms with Gasteiger partial charge < -0.3 is 0 Å². The van der Waals surface area contributed by atoms with Crippen molar-refractivity contribution >= 4 is 22.5 Å². The number of benzene rings is 1. The first-order valence-corrected chi connectivity index (χ1v) is 5.84. The van der Waals surface area contributed by atoms with E-state index >= 15 is 0 Å². The van der Waals surface area contributed by atoms with Gasteiger partial charge in [-0.05, 0) is 30.2 Å². The largest absolute Gasteiger partial charge is 0.417 e. The Morgan fingerprint density at radius 3 is 2.39 bits per heavy atom. The molecule has 0 N–H and O–H groups in total. The van der Waals surface area contributed by atoms with Gasteiger partial charge in [-0.3, -0.25) is 4.98 Å². The van der Waals surface area contributed by atoms with E-state index < -0.39 is 11.7 Å². The second-order valence-electron chi connectivity index (χ2n) is 4.41. The van der Waals surface area contributed by atoms with Crippen LogP contribution in [0.5, 0.6) is 0 Å². The van der Waals surface area contributed by atoms with Crippen LogP contribution in [-0.2, 0) is 6.18 Å². The summed E-state index contributed by atoms with van der Waals surface area (Å²) in [6, 6.07) is 5.46. The molecular weight excluding hydrogens is 263 g/mol. The quantitative estimate of drug-likeness (QED) is 0.710. The molecule has 5 heteroatoms. The smallest absolute Gasteiger partial charge is 0.253 e. The van der Waals surface area contributed by atoms with Gasteiger partial charge in [0, 0.05) is 16.1 Å². The third-order valence-electron chi connectivity index (χ3n) is 2.69. The minimum Gasteiger partial charge on any atom is -0.253 e. The molecule has 1 heterocycles. The highest BCUT2D eigenvalue weighted by Gasteiger charge is 2.33. The minimum atomic E-state index is -4.41. The summed E-state index contributed by atoms with van der Waals surface area (Å²) in [6.45, 7) is 3.62. The van der Waals surface area contributed by atoms with Gasteiger partial charge >= 0.3 is 6.18 Å². The van der Waals surface area contributed by atoms with E-state index in [-0.39, 0.29) is 16.3 Å². The zero-order valence-corrected chi connectivity index (χ0v) is 10.6. The number of rotatable bonds is 1. The molecule has 2 rings (SSSR count). The predicted octanol–water partition coefficient (Wildman–Crippen LogP) is 5.03. The molecule has 18 heavy (non-hydrogen) atoms. The van der Waals surface area contributed by atoms with Crippen molar-refractivity contribution < 1.29 is 13.2 Å². The van der Waals surface area contributed by atoms with Crippen LogP contribution in [0.3, 0.4) is 0 Å². The van der Waals surface area contributed by atoms with Crippen LogP contribution < -0.4 is 0 Å². The summed E-state index contributed by atoms with van der Waals surface area (Å²) in [5.74, 6) is -0.0637. The van der Waals surface area contributed by atoms with Crippen LogP contribution in [-0.4, -0.2) is 4.98 Å². The van der Waals surface area contributed by atoms with Gasteiger partial charge in [0.2, 0.25) is 0 Å². The molecule has 1 aromatic carbocycles. The highest BCUT2D eigenvalue weighted by Crippen LogP contribution is 2.36. The molecule has 0 amide bonds. The number of nitrogens with zero attached hydrogens (tertiary/aromatic N) is 1. The van der Waals surface area contributed by atoms with Gasteiger partial charge in [0.1, 0.15) is 0 Å². The monoisotopic (exact) mass is 273 g/mol. The maximum absolute atomic E-state index is 13.0. The number of aromatic nitrogens is 1. The molecule has 0 bridgehead atoms. The molecule has 0 saturated heterocycles. The topological polar surface area (TPSA) is 12.9 Å². The molecule has 0 spiro atoms. The lowest BCUT2D eigenvalue weighted by molar-refractivity contribution is -0.136. The van der Waals surface area contributed by atoms with Crippen LogP contribution in [0.4, 0.5) is 13.2 Å². The average Bonchev–Trinajstić information content (AvgIpc) is 2.26. The predicted molar refractivity (Wildman–Crippen MR) is 65.8 cm³/mol. The molecular formula is C13H11ClF3N. The summed E-state index contributed by atoms with van der Waals surface area (Å²) in [4.78, 5) is 4.23. The summed E-state index contributed by atoms with van der Waals surface area (Å²) in [5, 5.41) is 0.312. The highest BCUT2D eigenvalue weighted by atomic mass is 35.5. The van der Waals surface area contributed by atoms with E-state index in [0.717, 1.165) is 6.07 Å². The molecule has 0 unspecified atom stereocenters. The highest BCUT2D eigenvalue weighted by molar-refractivity contribution is 6.31. The number of hydrogen-bond acceptors (Lipinski definition) is 1. The Morgan fingerprint density at radius 1 is 1.17 bits per heavy atom. The van der Waals surface area contributed by atoms with Crippen molar-refractivity contribution in [3.05, 3.63) is 40.5 Å². The Labute approximate surface area is 108 Å². The molecule has 0 aliphatic rings. The summed E-state index contributed by atoms with van der Waals surface area (Å²) in [5.41, 5.74) is 0.0637. The second-order valence-corrected chi connectivity index (χ2v) is 4.85. The fourth-order valence-electron chi connectivity index (χ4n) is 1.75. The first-order chi connectivity index (χ1) is 8.29. The number of hydrogen-bond donors (Lipinski definition) is 0. The van der Waals surface area contributed by atoms with E-state index in [4.69, 9.17) is 11.6 Å². The van der Waals surface area contributed by atoms with Crippen LogP contribution in [0.1, 0.15) is 31.0 Å². The van der Waals surface area contributed by atoms with Crippen molar-refractivity contribution in [3.8, 4) is 0 Å². The van der Waals surface area contributed by atoms with Crippen molar-refractivity contribution in [2.45, 2.75) is 25.9 Å². The number of alkyl halides is 3.